The van der Waals surface area contributed by atoms with Crippen LogP contribution in [0.4, 0.5) is 5.69 Å². The summed E-state index contributed by atoms with van der Waals surface area (Å²) in [7, 11) is 0. The van der Waals surface area contributed by atoms with Crippen LogP contribution in [0.25, 0.3) is 11.3 Å². The number of aromatic amines is 1. The summed E-state index contributed by atoms with van der Waals surface area (Å²) in [6.45, 7) is 5.46. The van der Waals surface area contributed by atoms with Gasteiger partial charge in [-0.05, 0) is 38.8 Å². The number of nitriles is 1. The van der Waals surface area contributed by atoms with E-state index in [1.165, 1.54) is 0 Å². The fraction of sp³-hybridized carbons (Fsp3) is 0.450. The van der Waals surface area contributed by atoms with E-state index in [0.717, 1.165) is 5.69 Å². The molecule has 1 aliphatic rings. The van der Waals surface area contributed by atoms with Gasteiger partial charge in [0.25, 0.3) is 0 Å². The standard InChI is InChI=1S/C20H23N5O4/c1-3-28-19(26)13-7-9-25(10-8-13)16-6-5-14(11-15(16)12-21)17-18(23-24-22-17)20(27)29-4-2/h5-6,11,13H,3-4,7-10H2,1-2H3,(H,22,23,24). The van der Waals surface area contributed by atoms with E-state index in [-0.39, 0.29) is 24.2 Å². The molecule has 2 aromatic rings. The van der Waals surface area contributed by atoms with Gasteiger partial charge in [-0.15, -0.1) is 5.10 Å². The van der Waals surface area contributed by atoms with Crippen LogP contribution in [0.5, 0.6) is 0 Å². The molecule has 9 nitrogen and oxygen atoms in total. The van der Waals surface area contributed by atoms with Crippen LogP contribution in [0, 0.1) is 17.2 Å². The molecule has 0 radical (unpaired) electrons. The third-order valence-electron chi connectivity index (χ3n) is 4.86. The molecule has 9 heteroatoms. The number of esters is 2. The van der Waals surface area contributed by atoms with E-state index in [0.29, 0.717) is 49.4 Å². The summed E-state index contributed by atoms with van der Waals surface area (Å²) in [5.74, 6) is -0.821. The summed E-state index contributed by atoms with van der Waals surface area (Å²) < 4.78 is 10.1. The van der Waals surface area contributed by atoms with Crippen molar-refractivity contribution >= 4 is 17.6 Å². The number of H-pyrrole nitrogens is 1. The molecular formula is C20H23N5O4. The van der Waals surface area contributed by atoms with Crippen LogP contribution >= 0.6 is 0 Å². The van der Waals surface area contributed by atoms with Gasteiger partial charge in [0.05, 0.1) is 30.4 Å². The smallest absolute Gasteiger partial charge is 0.361 e. The van der Waals surface area contributed by atoms with Crippen LogP contribution in [-0.2, 0) is 14.3 Å². The zero-order valence-electron chi connectivity index (χ0n) is 16.5. The third kappa shape index (κ3) is 4.37. The lowest BCUT2D eigenvalue weighted by molar-refractivity contribution is -0.148. The quantitative estimate of drug-likeness (QED) is 0.737. The monoisotopic (exact) mass is 397 g/mol. The molecule has 0 saturated carbocycles. The van der Waals surface area contributed by atoms with E-state index < -0.39 is 5.97 Å². The average molecular weight is 397 g/mol. The van der Waals surface area contributed by atoms with Crippen molar-refractivity contribution in [3.8, 4) is 17.3 Å². The number of nitrogens with zero attached hydrogens (tertiary/aromatic N) is 4. The van der Waals surface area contributed by atoms with Crippen molar-refractivity contribution in [3.05, 3.63) is 29.5 Å². The first-order valence-corrected chi connectivity index (χ1v) is 9.63. The largest absolute Gasteiger partial charge is 0.466 e. The molecule has 0 amide bonds. The van der Waals surface area contributed by atoms with Crippen molar-refractivity contribution in [2.75, 3.05) is 31.2 Å². The Bertz CT molecular complexity index is 925. The number of ether oxygens (including phenoxy) is 2. The minimum Gasteiger partial charge on any atom is -0.466 e. The first-order chi connectivity index (χ1) is 14.1. The van der Waals surface area contributed by atoms with Crippen LogP contribution in [0.2, 0.25) is 0 Å². The molecule has 0 aliphatic carbocycles. The molecule has 3 rings (SSSR count). The number of rotatable bonds is 6. The van der Waals surface area contributed by atoms with E-state index in [1.807, 2.05) is 6.07 Å². The van der Waals surface area contributed by atoms with Gasteiger partial charge in [-0.25, -0.2) is 4.79 Å². The molecule has 0 atom stereocenters. The summed E-state index contributed by atoms with van der Waals surface area (Å²) in [6.07, 6.45) is 1.36. The third-order valence-corrected chi connectivity index (χ3v) is 4.86. The maximum absolute atomic E-state index is 12.0. The Labute approximate surface area is 168 Å². The van der Waals surface area contributed by atoms with Crippen LogP contribution in [0.1, 0.15) is 42.7 Å². The van der Waals surface area contributed by atoms with Crippen molar-refractivity contribution < 1.29 is 19.1 Å². The predicted octanol–water partition coefficient (Wildman–Crippen LogP) is 2.30. The number of benzene rings is 1. The van der Waals surface area contributed by atoms with Crippen molar-refractivity contribution in [2.45, 2.75) is 26.7 Å². The minimum atomic E-state index is -0.570. The molecule has 1 saturated heterocycles. The normalized spacial score (nSPS) is 14.3. The summed E-state index contributed by atoms with van der Waals surface area (Å²) >= 11 is 0. The molecule has 0 spiro atoms. The van der Waals surface area contributed by atoms with Crippen molar-refractivity contribution in [3.63, 3.8) is 0 Å². The second kappa shape index (κ2) is 9.19. The van der Waals surface area contributed by atoms with Crippen LogP contribution < -0.4 is 4.90 Å². The summed E-state index contributed by atoms with van der Waals surface area (Å²) in [6, 6.07) is 7.54. The maximum atomic E-state index is 12.0. The van der Waals surface area contributed by atoms with Crippen molar-refractivity contribution in [2.24, 2.45) is 5.92 Å². The van der Waals surface area contributed by atoms with Gasteiger partial charge in [-0.3, -0.25) is 4.79 Å². The lowest BCUT2D eigenvalue weighted by atomic mass is 9.95. The molecule has 2 heterocycles. The molecule has 1 aliphatic heterocycles. The number of anilines is 1. The number of carbonyl (C=O) groups excluding carboxylic acids is 2. The second-order valence-electron chi connectivity index (χ2n) is 6.60. The number of nitrogens with one attached hydrogen (secondary N) is 1. The summed E-state index contributed by atoms with van der Waals surface area (Å²) in [5.41, 5.74) is 2.28. The highest BCUT2D eigenvalue weighted by atomic mass is 16.5. The highest BCUT2D eigenvalue weighted by molar-refractivity contribution is 5.94. The van der Waals surface area contributed by atoms with E-state index in [1.54, 1.807) is 26.0 Å². The highest BCUT2D eigenvalue weighted by Gasteiger charge is 2.27. The van der Waals surface area contributed by atoms with Crippen LogP contribution in [0.15, 0.2) is 18.2 Å². The van der Waals surface area contributed by atoms with Crippen molar-refractivity contribution in [1.29, 1.82) is 5.26 Å². The fourth-order valence-electron chi connectivity index (χ4n) is 3.44. The van der Waals surface area contributed by atoms with Gasteiger partial charge in [0, 0.05) is 18.7 Å². The Morgan fingerprint density at radius 2 is 1.93 bits per heavy atom. The molecule has 1 aromatic carbocycles. The van der Waals surface area contributed by atoms with Gasteiger partial charge in [0.15, 0.2) is 5.69 Å². The van der Waals surface area contributed by atoms with Crippen LogP contribution in [-0.4, -0.2) is 53.7 Å². The zero-order chi connectivity index (χ0) is 20.8. The first-order valence-electron chi connectivity index (χ1n) is 9.63. The Hall–Kier alpha value is -3.41. The first kappa shape index (κ1) is 20.3. The van der Waals surface area contributed by atoms with Gasteiger partial charge in [0.2, 0.25) is 0 Å². The molecule has 152 valence electrons. The molecule has 1 aromatic heterocycles. The van der Waals surface area contributed by atoms with Gasteiger partial charge in [-0.2, -0.15) is 15.6 Å². The van der Waals surface area contributed by atoms with Gasteiger partial charge >= 0.3 is 11.9 Å². The van der Waals surface area contributed by atoms with E-state index >= 15 is 0 Å². The van der Waals surface area contributed by atoms with Gasteiger partial charge < -0.3 is 14.4 Å². The molecule has 1 fully saturated rings. The summed E-state index contributed by atoms with van der Waals surface area (Å²) in [4.78, 5) is 26.1. The van der Waals surface area contributed by atoms with Gasteiger partial charge in [-0.1, -0.05) is 6.07 Å². The van der Waals surface area contributed by atoms with E-state index in [4.69, 9.17) is 9.47 Å². The molecular weight excluding hydrogens is 374 g/mol. The Kier molecular flexibility index (Phi) is 6.44. The van der Waals surface area contributed by atoms with Crippen LogP contribution in [0.3, 0.4) is 0 Å². The van der Waals surface area contributed by atoms with E-state index in [9.17, 15) is 14.9 Å². The number of piperidine rings is 1. The number of hydrogen-bond acceptors (Lipinski definition) is 8. The Morgan fingerprint density at radius 1 is 1.21 bits per heavy atom. The molecule has 29 heavy (non-hydrogen) atoms. The number of aromatic nitrogens is 3. The lowest BCUT2D eigenvalue weighted by Gasteiger charge is -2.33. The fourth-order valence-corrected chi connectivity index (χ4v) is 3.44. The summed E-state index contributed by atoms with van der Waals surface area (Å²) in [5, 5.41) is 20.0. The number of hydrogen-bond donors (Lipinski definition) is 1. The molecule has 1 N–H and O–H groups in total. The maximum Gasteiger partial charge on any atom is 0.361 e. The highest BCUT2D eigenvalue weighted by Crippen LogP contribution is 2.30. The van der Waals surface area contributed by atoms with Crippen molar-refractivity contribution in [1.82, 2.24) is 15.4 Å². The Morgan fingerprint density at radius 3 is 2.59 bits per heavy atom. The molecule has 0 bridgehead atoms. The lowest BCUT2D eigenvalue weighted by Crippen LogP contribution is -2.37. The average Bonchev–Trinajstić information content (AvgIpc) is 3.24. The Balaban J connectivity index is 1.79. The zero-order valence-corrected chi connectivity index (χ0v) is 16.5. The van der Waals surface area contributed by atoms with E-state index in [2.05, 4.69) is 26.4 Å². The number of carbonyl (C=O) groups is 2. The second-order valence-corrected chi connectivity index (χ2v) is 6.60. The van der Waals surface area contributed by atoms with Gasteiger partial charge in [0.1, 0.15) is 11.8 Å². The SMILES string of the molecule is CCOC(=O)c1n[nH]nc1-c1ccc(N2CCC(C(=O)OCC)CC2)c(C#N)c1. The topological polar surface area (TPSA) is 121 Å². The predicted molar refractivity (Wildman–Crippen MR) is 104 cm³/mol. The molecule has 0 unspecified atom stereocenters. The minimum absolute atomic E-state index is 0.0822.